The summed E-state index contributed by atoms with van der Waals surface area (Å²) in [6.07, 6.45) is 5.23. The van der Waals surface area contributed by atoms with Gasteiger partial charge in [-0.05, 0) is 24.3 Å². The number of primary amides is 1. The van der Waals surface area contributed by atoms with Crippen LogP contribution in [0.15, 0.2) is 48.9 Å². The van der Waals surface area contributed by atoms with Crippen molar-refractivity contribution < 1.29 is 9.53 Å². The van der Waals surface area contributed by atoms with E-state index in [2.05, 4.69) is 10.1 Å². The van der Waals surface area contributed by atoms with Crippen molar-refractivity contribution in [1.29, 1.82) is 0 Å². The molecule has 0 saturated carbocycles. The zero-order valence-electron chi connectivity index (χ0n) is 12.4. The van der Waals surface area contributed by atoms with E-state index >= 15 is 0 Å². The van der Waals surface area contributed by atoms with Crippen LogP contribution in [0.4, 0.5) is 5.69 Å². The number of hydrogen-bond acceptors (Lipinski definition) is 5. The van der Waals surface area contributed by atoms with Crippen LogP contribution in [0.3, 0.4) is 0 Å². The van der Waals surface area contributed by atoms with Gasteiger partial charge in [-0.1, -0.05) is 0 Å². The van der Waals surface area contributed by atoms with Gasteiger partial charge < -0.3 is 16.2 Å². The van der Waals surface area contributed by atoms with Crippen molar-refractivity contribution in [3.63, 3.8) is 0 Å². The number of pyridine rings is 1. The van der Waals surface area contributed by atoms with E-state index in [0.29, 0.717) is 17.2 Å². The second-order valence-corrected chi connectivity index (χ2v) is 4.99. The first-order valence-corrected chi connectivity index (χ1v) is 6.85. The highest BCUT2D eigenvalue weighted by Gasteiger charge is 2.09. The molecular weight excluding hydrogens is 294 g/mol. The molecule has 0 radical (unpaired) electrons. The number of nitrogens with zero attached hydrogens (tertiary/aromatic N) is 3. The van der Waals surface area contributed by atoms with Gasteiger partial charge in [0, 0.05) is 36.8 Å². The number of rotatable bonds is 4. The molecule has 4 N–H and O–H groups in total. The Kier molecular flexibility index (Phi) is 3.68. The van der Waals surface area contributed by atoms with E-state index in [9.17, 15) is 4.79 Å². The number of ether oxygens (including phenoxy) is 1. The fourth-order valence-electron chi connectivity index (χ4n) is 2.13. The lowest BCUT2D eigenvalue weighted by atomic mass is 10.1. The lowest BCUT2D eigenvalue weighted by Crippen LogP contribution is -2.13. The minimum atomic E-state index is -0.598. The molecule has 0 fully saturated rings. The smallest absolute Gasteiger partial charge is 0.250 e. The van der Waals surface area contributed by atoms with Gasteiger partial charge >= 0.3 is 0 Å². The third-order valence-corrected chi connectivity index (χ3v) is 3.26. The van der Waals surface area contributed by atoms with Gasteiger partial charge in [0.25, 0.3) is 5.91 Å². The predicted octanol–water partition coefficient (Wildman–Crippen LogP) is 1.96. The molecule has 0 saturated heterocycles. The van der Waals surface area contributed by atoms with Gasteiger partial charge in [-0.15, -0.1) is 0 Å². The van der Waals surface area contributed by atoms with Gasteiger partial charge in [-0.2, -0.15) is 5.10 Å². The summed E-state index contributed by atoms with van der Waals surface area (Å²) in [7, 11) is 1.84. The Morgan fingerprint density at radius 2 is 2.00 bits per heavy atom. The number of nitrogen functional groups attached to an aromatic ring is 1. The van der Waals surface area contributed by atoms with Crippen LogP contribution >= 0.6 is 0 Å². The maximum atomic E-state index is 11.3. The highest BCUT2D eigenvalue weighted by Crippen LogP contribution is 2.27. The molecule has 7 nitrogen and oxygen atoms in total. The number of hydrogen-bond donors (Lipinski definition) is 2. The number of nitrogens with two attached hydrogens (primary N) is 2. The number of anilines is 1. The maximum Gasteiger partial charge on any atom is 0.250 e. The minimum absolute atomic E-state index is 0.226. The number of aromatic nitrogens is 3. The topological polar surface area (TPSA) is 109 Å². The summed E-state index contributed by atoms with van der Waals surface area (Å²) in [5.41, 5.74) is 13.2. The second-order valence-electron chi connectivity index (χ2n) is 4.99. The van der Waals surface area contributed by atoms with Crippen molar-refractivity contribution >= 4 is 11.6 Å². The van der Waals surface area contributed by atoms with Crippen LogP contribution in [-0.4, -0.2) is 20.7 Å². The molecular formula is C16H15N5O2. The van der Waals surface area contributed by atoms with Gasteiger partial charge in [0.15, 0.2) is 0 Å². The Morgan fingerprint density at radius 3 is 2.70 bits per heavy atom. The van der Waals surface area contributed by atoms with Crippen molar-refractivity contribution in [2.24, 2.45) is 12.8 Å². The molecule has 0 bridgehead atoms. The van der Waals surface area contributed by atoms with Crippen LogP contribution in [-0.2, 0) is 7.05 Å². The minimum Gasteiger partial charge on any atom is -0.457 e. The Balaban J connectivity index is 1.89. The molecule has 1 amide bonds. The molecule has 116 valence electrons. The number of amides is 1. The van der Waals surface area contributed by atoms with E-state index in [-0.39, 0.29) is 5.56 Å². The highest BCUT2D eigenvalue weighted by atomic mass is 16.5. The molecule has 0 spiro atoms. The molecule has 0 unspecified atom stereocenters. The standard InChI is InChI=1S/C16H15N5O2/c1-21-9-10(8-20-21)15-7-12(4-5-19-15)23-11-2-3-14(17)13(6-11)16(18)22/h2-9H,17H2,1H3,(H2,18,22). The monoisotopic (exact) mass is 309 g/mol. The Bertz CT molecular complexity index is 872. The quantitative estimate of drug-likeness (QED) is 0.716. The van der Waals surface area contributed by atoms with E-state index in [1.54, 1.807) is 41.3 Å². The third-order valence-electron chi connectivity index (χ3n) is 3.26. The summed E-state index contributed by atoms with van der Waals surface area (Å²) in [4.78, 5) is 15.6. The SMILES string of the molecule is Cn1cc(-c2cc(Oc3ccc(N)c(C(N)=O)c3)ccn2)cn1. The molecule has 0 atom stereocenters. The van der Waals surface area contributed by atoms with Gasteiger partial charge in [0.05, 0.1) is 17.5 Å². The molecule has 3 rings (SSSR count). The van der Waals surface area contributed by atoms with Crippen molar-refractivity contribution in [3.8, 4) is 22.8 Å². The third kappa shape index (κ3) is 3.13. The highest BCUT2D eigenvalue weighted by molar-refractivity contribution is 5.98. The average molecular weight is 309 g/mol. The molecule has 7 heteroatoms. The van der Waals surface area contributed by atoms with Crippen LogP contribution in [0, 0.1) is 0 Å². The Morgan fingerprint density at radius 1 is 1.22 bits per heavy atom. The van der Waals surface area contributed by atoms with Crippen molar-refractivity contribution in [1.82, 2.24) is 14.8 Å². The van der Waals surface area contributed by atoms with E-state index in [1.165, 1.54) is 6.07 Å². The van der Waals surface area contributed by atoms with Crippen LogP contribution in [0.1, 0.15) is 10.4 Å². The number of carbonyl (C=O) groups excluding carboxylic acids is 1. The number of carbonyl (C=O) groups is 1. The summed E-state index contributed by atoms with van der Waals surface area (Å²) in [5.74, 6) is 0.453. The number of aryl methyl sites for hydroxylation is 1. The molecule has 3 aromatic rings. The van der Waals surface area contributed by atoms with Crippen molar-refractivity contribution in [2.45, 2.75) is 0 Å². The van der Waals surface area contributed by atoms with Gasteiger partial charge in [-0.25, -0.2) is 0 Å². The Hall–Kier alpha value is -3.35. The van der Waals surface area contributed by atoms with Crippen LogP contribution in [0.2, 0.25) is 0 Å². The fourth-order valence-corrected chi connectivity index (χ4v) is 2.13. The normalized spacial score (nSPS) is 10.5. The largest absolute Gasteiger partial charge is 0.457 e. The summed E-state index contributed by atoms with van der Waals surface area (Å²) < 4.78 is 7.46. The Labute approximate surface area is 132 Å². The van der Waals surface area contributed by atoms with Crippen molar-refractivity contribution in [2.75, 3.05) is 5.73 Å². The zero-order valence-corrected chi connectivity index (χ0v) is 12.4. The zero-order chi connectivity index (χ0) is 16.4. The first-order chi connectivity index (χ1) is 11.0. The van der Waals surface area contributed by atoms with Crippen LogP contribution in [0.25, 0.3) is 11.3 Å². The molecule has 0 aliphatic rings. The van der Waals surface area contributed by atoms with Gasteiger partial charge in [-0.3, -0.25) is 14.5 Å². The molecule has 2 aromatic heterocycles. The van der Waals surface area contributed by atoms with Crippen LogP contribution < -0.4 is 16.2 Å². The predicted molar refractivity (Wildman–Crippen MR) is 85.9 cm³/mol. The molecule has 2 heterocycles. The molecule has 1 aromatic carbocycles. The first kappa shape index (κ1) is 14.6. The summed E-state index contributed by atoms with van der Waals surface area (Å²) in [5, 5.41) is 4.12. The summed E-state index contributed by atoms with van der Waals surface area (Å²) >= 11 is 0. The summed E-state index contributed by atoms with van der Waals surface area (Å²) in [6, 6.07) is 8.28. The second kappa shape index (κ2) is 5.80. The van der Waals surface area contributed by atoms with Gasteiger partial charge in [0.2, 0.25) is 0 Å². The first-order valence-electron chi connectivity index (χ1n) is 6.85. The average Bonchev–Trinajstić information content (AvgIpc) is 2.96. The molecule has 0 aliphatic carbocycles. The van der Waals surface area contributed by atoms with E-state index in [0.717, 1.165) is 11.3 Å². The lowest BCUT2D eigenvalue weighted by Gasteiger charge is -2.09. The molecule has 0 aliphatic heterocycles. The van der Waals surface area contributed by atoms with Crippen LogP contribution in [0.5, 0.6) is 11.5 Å². The molecule has 23 heavy (non-hydrogen) atoms. The van der Waals surface area contributed by atoms with Gasteiger partial charge in [0.1, 0.15) is 11.5 Å². The summed E-state index contributed by atoms with van der Waals surface area (Å²) in [6.45, 7) is 0. The maximum absolute atomic E-state index is 11.3. The lowest BCUT2D eigenvalue weighted by molar-refractivity contribution is 0.100. The van der Waals surface area contributed by atoms with E-state index in [4.69, 9.17) is 16.2 Å². The fraction of sp³-hybridized carbons (Fsp3) is 0.0625. The van der Waals surface area contributed by atoms with Crippen molar-refractivity contribution in [3.05, 3.63) is 54.5 Å². The van der Waals surface area contributed by atoms with E-state index in [1.807, 2.05) is 13.2 Å². The van der Waals surface area contributed by atoms with E-state index < -0.39 is 5.91 Å². The number of benzene rings is 1.